The number of amides is 2. The van der Waals surface area contributed by atoms with E-state index in [9.17, 15) is 9.59 Å². The second kappa shape index (κ2) is 7.17. The van der Waals surface area contributed by atoms with Gasteiger partial charge in [-0.1, -0.05) is 18.2 Å². The van der Waals surface area contributed by atoms with Crippen LogP contribution in [0.25, 0.3) is 0 Å². The number of anilines is 1. The van der Waals surface area contributed by atoms with E-state index in [-0.39, 0.29) is 24.8 Å². The van der Waals surface area contributed by atoms with Crippen LogP contribution >= 0.6 is 11.3 Å². The number of carbonyl (C=O) groups is 2. The molecule has 2 N–H and O–H groups in total. The average Bonchev–Trinajstić information content (AvgIpc) is 2.86. The maximum atomic E-state index is 11.9. The van der Waals surface area contributed by atoms with E-state index in [2.05, 4.69) is 15.6 Å². The molecule has 0 aliphatic carbocycles. The number of nitrogens with zero attached hydrogens (tertiary/aromatic N) is 1. The smallest absolute Gasteiger partial charge is 0.243 e. The lowest BCUT2D eigenvalue weighted by atomic mass is 10.1. The lowest BCUT2D eigenvalue weighted by Crippen LogP contribution is -2.34. The summed E-state index contributed by atoms with van der Waals surface area (Å²) in [5.74, 6) is -0.442. The summed E-state index contributed by atoms with van der Waals surface area (Å²) in [7, 11) is 0. The second-order valence-corrected chi connectivity index (χ2v) is 6.19. The lowest BCUT2D eigenvalue weighted by molar-refractivity contribution is -0.123. The van der Waals surface area contributed by atoms with E-state index in [4.69, 9.17) is 0 Å². The van der Waals surface area contributed by atoms with E-state index < -0.39 is 0 Å². The molecule has 116 valence electrons. The highest BCUT2D eigenvalue weighted by molar-refractivity contribution is 7.09. The van der Waals surface area contributed by atoms with Crippen LogP contribution in [-0.2, 0) is 16.0 Å². The van der Waals surface area contributed by atoms with E-state index in [0.717, 1.165) is 27.5 Å². The topological polar surface area (TPSA) is 71.1 Å². The van der Waals surface area contributed by atoms with Gasteiger partial charge in [0.15, 0.2) is 0 Å². The van der Waals surface area contributed by atoms with Gasteiger partial charge in [0, 0.05) is 11.1 Å². The number of thiazole rings is 1. The molecule has 0 bridgehead atoms. The number of para-hydroxylation sites is 1. The van der Waals surface area contributed by atoms with Crippen molar-refractivity contribution in [2.45, 2.75) is 27.2 Å². The number of carbonyl (C=O) groups excluding carboxylic acids is 2. The molecule has 2 rings (SSSR count). The first-order valence-electron chi connectivity index (χ1n) is 6.99. The Hall–Kier alpha value is -2.21. The van der Waals surface area contributed by atoms with Crippen molar-refractivity contribution >= 4 is 28.8 Å². The Morgan fingerprint density at radius 1 is 1.14 bits per heavy atom. The van der Waals surface area contributed by atoms with Gasteiger partial charge in [-0.25, -0.2) is 4.98 Å². The fraction of sp³-hybridized carbons (Fsp3) is 0.312. The normalized spacial score (nSPS) is 10.3. The minimum absolute atomic E-state index is 0.0459. The Kier molecular flexibility index (Phi) is 5.27. The predicted molar refractivity (Wildman–Crippen MR) is 88.1 cm³/mol. The highest BCUT2D eigenvalue weighted by Gasteiger charge is 2.10. The highest BCUT2D eigenvalue weighted by atomic mass is 32.1. The second-order valence-electron chi connectivity index (χ2n) is 5.13. The maximum absolute atomic E-state index is 11.9. The predicted octanol–water partition coefficient (Wildman–Crippen LogP) is 2.37. The molecule has 2 amide bonds. The molecule has 2 aromatic rings. The molecular weight excluding hydrogens is 298 g/mol. The van der Waals surface area contributed by atoms with Crippen LogP contribution in [0.3, 0.4) is 0 Å². The summed E-state index contributed by atoms with van der Waals surface area (Å²) in [5.41, 5.74) is 3.53. The standard InChI is InChI=1S/C16H19N3O2S/c1-10-5-4-6-11(2)16(10)19-15(21)8-17-14(20)7-13-9-22-12(3)18-13/h4-6,9H,7-8H2,1-3H3,(H,17,20)(H,19,21). The molecule has 0 fully saturated rings. The zero-order chi connectivity index (χ0) is 16.1. The van der Waals surface area contributed by atoms with Gasteiger partial charge in [0.05, 0.1) is 23.7 Å². The Balaban J connectivity index is 1.84. The zero-order valence-electron chi connectivity index (χ0n) is 12.9. The van der Waals surface area contributed by atoms with E-state index in [1.807, 2.05) is 44.4 Å². The number of hydrogen-bond acceptors (Lipinski definition) is 4. The van der Waals surface area contributed by atoms with E-state index in [1.165, 1.54) is 11.3 Å². The third-order valence-electron chi connectivity index (χ3n) is 3.20. The molecule has 0 unspecified atom stereocenters. The molecule has 1 aromatic heterocycles. The molecule has 0 saturated carbocycles. The Morgan fingerprint density at radius 3 is 2.41 bits per heavy atom. The maximum Gasteiger partial charge on any atom is 0.243 e. The monoisotopic (exact) mass is 317 g/mol. The molecule has 0 spiro atoms. The van der Waals surface area contributed by atoms with Crippen LogP contribution in [0.1, 0.15) is 21.8 Å². The number of hydrogen-bond donors (Lipinski definition) is 2. The number of aromatic nitrogens is 1. The van der Waals surface area contributed by atoms with Crippen molar-refractivity contribution in [2.24, 2.45) is 0 Å². The fourth-order valence-corrected chi connectivity index (χ4v) is 2.70. The van der Waals surface area contributed by atoms with Gasteiger partial charge in [0.1, 0.15) is 0 Å². The van der Waals surface area contributed by atoms with Gasteiger partial charge in [0.25, 0.3) is 0 Å². The molecule has 0 aliphatic rings. The van der Waals surface area contributed by atoms with Crippen molar-refractivity contribution in [3.8, 4) is 0 Å². The molecule has 6 heteroatoms. The molecule has 5 nitrogen and oxygen atoms in total. The minimum Gasteiger partial charge on any atom is -0.347 e. The van der Waals surface area contributed by atoms with E-state index in [1.54, 1.807) is 0 Å². The zero-order valence-corrected chi connectivity index (χ0v) is 13.7. The van der Waals surface area contributed by atoms with Crippen molar-refractivity contribution in [3.05, 3.63) is 45.4 Å². The Bertz CT molecular complexity index is 674. The van der Waals surface area contributed by atoms with Gasteiger partial charge in [-0.05, 0) is 31.9 Å². The van der Waals surface area contributed by atoms with Gasteiger partial charge in [-0.15, -0.1) is 11.3 Å². The third kappa shape index (κ3) is 4.39. The van der Waals surface area contributed by atoms with Crippen LogP contribution in [0.5, 0.6) is 0 Å². The first kappa shape index (κ1) is 16.2. The van der Waals surface area contributed by atoms with Crippen molar-refractivity contribution in [2.75, 3.05) is 11.9 Å². The molecule has 0 aliphatic heterocycles. The molecule has 0 atom stereocenters. The lowest BCUT2D eigenvalue weighted by Gasteiger charge is -2.11. The summed E-state index contributed by atoms with van der Waals surface area (Å²) in [6.07, 6.45) is 0.195. The molecule has 0 saturated heterocycles. The van der Waals surface area contributed by atoms with Crippen molar-refractivity contribution in [1.82, 2.24) is 10.3 Å². The van der Waals surface area contributed by atoms with E-state index in [0.29, 0.717) is 0 Å². The fourth-order valence-electron chi connectivity index (χ4n) is 2.09. The van der Waals surface area contributed by atoms with Crippen molar-refractivity contribution < 1.29 is 9.59 Å². The van der Waals surface area contributed by atoms with Crippen LogP contribution in [0, 0.1) is 20.8 Å². The van der Waals surface area contributed by atoms with Gasteiger partial charge in [-0.3, -0.25) is 9.59 Å². The summed E-state index contributed by atoms with van der Waals surface area (Å²) >= 11 is 1.51. The van der Waals surface area contributed by atoms with Crippen molar-refractivity contribution in [3.63, 3.8) is 0 Å². The molecule has 0 radical (unpaired) electrons. The van der Waals surface area contributed by atoms with Gasteiger partial charge in [0.2, 0.25) is 11.8 Å². The summed E-state index contributed by atoms with van der Waals surface area (Å²) in [6.45, 7) is 5.72. The SMILES string of the molecule is Cc1nc(CC(=O)NCC(=O)Nc2c(C)cccc2C)cs1. The van der Waals surface area contributed by atoms with Crippen LogP contribution < -0.4 is 10.6 Å². The first-order chi connectivity index (χ1) is 10.5. The number of nitrogens with one attached hydrogen (secondary N) is 2. The number of benzene rings is 1. The molecule has 22 heavy (non-hydrogen) atoms. The summed E-state index contributed by atoms with van der Waals surface area (Å²) in [5, 5.41) is 8.23. The highest BCUT2D eigenvalue weighted by Crippen LogP contribution is 2.18. The Morgan fingerprint density at radius 2 is 1.82 bits per heavy atom. The number of rotatable bonds is 5. The summed E-state index contributed by atoms with van der Waals surface area (Å²) in [4.78, 5) is 28.0. The first-order valence-corrected chi connectivity index (χ1v) is 7.87. The molecule has 1 aromatic carbocycles. The van der Waals surface area contributed by atoms with Crippen LogP contribution in [0.15, 0.2) is 23.6 Å². The van der Waals surface area contributed by atoms with Gasteiger partial charge >= 0.3 is 0 Å². The van der Waals surface area contributed by atoms with Crippen LogP contribution in [0.4, 0.5) is 5.69 Å². The molecular formula is C16H19N3O2S. The van der Waals surface area contributed by atoms with Crippen LogP contribution in [-0.4, -0.2) is 23.3 Å². The quantitative estimate of drug-likeness (QED) is 0.889. The van der Waals surface area contributed by atoms with E-state index >= 15 is 0 Å². The number of aryl methyl sites for hydroxylation is 3. The molecule has 1 heterocycles. The largest absolute Gasteiger partial charge is 0.347 e. The van der Waals surface area contributed by atoms with Crippen molar-refractivity contribution in [1.29, 1.82) is 0 Å². The minimum atomic E-state index is -0.236. The van der Waals surface area contributed by atoms with Gasteiger partial charge in [-0.2, -0.15) is 0 Å². The average molecular weight is 317 g/mol. The van der Waals surface area contributed by atoms with Gasteiger partial charge < -0.3 is 10.6 Å². The summed E-state index contributed by atoms with van der Waals surface area (Å²) < 4.78 is 0. The van der Waals surface area contributed by atoms with Crippen LogP contribution in [0.2, 0.25) is 0 Å². The third-order valence-corrected chi connectivity index (χ3v) is 4.02. The summed E-state index contributed by atoms with van der Waals surface area (Å²) in [6, 6.07) is 5.81. The Labute approximate surface area is 133 Å².